The number of rotatable bonds is 9. The topological polar surface area (TPSA) is 58.2 Å². The Hall–Kier alpha value is -1.63. The molecule has 160 valence electrons. The fraction of sp³-hybridized carbons (Fsp3) is 0.455. The van der Waals surface area contributed by atoms with Crippen LogP contribution in [0.5, 0.6) is 0 Å². The van der Waals surface area contributed by atoms with Crippen molar-refractivity contribution in [2.45, 2.75) is 56.4 Å². The van der Waals surface area contributed by atoms with Crippen LogP contribution in [-0.2, 0) is 29.3 Å². The average Bonchev–Trinajstić information content (AvgIpc) is 2.70. The Morgan fingerprint density at radius 1 is 1.10 bits per heavy atom. The fourth-order valence-electron chi connectivity index (χ4n) is 3.66. The Balaban J connectivity index is 0.00000300. The zero-order chi connectivity index (χ0) is 20.0. The highest BCUT2D eigenvalue weighted by Gasteiger charge is 2.20. The molecule has 3 rings (SSSR count). The monoisotopic (exact) mass is 440 g/mol. The van der Waals surface area contributed by atoms with E-state index < -0.39 is 10.0 Å². The standard InChI is InChI=1S/C22H29FN2O2S.ClH/c1-2-14-24-20-9-7-19-16-21(10-8-18(19)15-20)25-28(26,27)22-11-5-17(6-12-22)4-3-13-23;/h5-6,8,10-12,16,20,24-25H,2-4,7,9,13-15H2,1H3;1H/t20-;/m1./s1. The summed E-state index contributed by atoms with van der Waals surface area (Å²) in [6.45, 7) is 2.83. The van der Waals surface area contributed by atoms with Crippen LogP contribution in [0.2, 0.25) is 0 Å². The van der Waals surface area contributed by atoms with Crippen molar-refractivity contribution in [2.24, 2.45) is 0 Å². The van der Waals surface area contributed by atoms with Crippen LogP contribution < -0.4 is 10.0 Å². The molecular weight excluding hydrogens is 411 g/mol. The van der Waals surface area contributed by atoms with Crippen molar-refractivity contribution in [1.82, 2.24) is 5.32 Å². The van der Waals surface area contributed by atoms with E-state index in [0.717, 1.165) is 37.8 Å². The molecule has 0 unspecified atom stereocenters. The second-order valence-electron chi connectivity index (χ2n) is 7.42. The molecular formula is C22H30ClFN2O2S. The van der Waals surface area contributed by atoms with Gasteiger partial charge in [0.15, 0.2) is 0 Å². The Morgan fingerprint density at radius 2 is 1.86 bits per heavy atom. The number of nitrogens with one attached hydrogen (secondary N) is 2. The van der Waals surface area contributed by atoms with Gasteiger partial charge in [0.2, 0.25) is 0 Å². The molecule has 0 aromatic heterocycles. The van der Waals surface area contributed by atoms with Gasteiger partial charge in [-0.05, 0) is 86.0 Å². The largest absolute Gasteiger partial charge is 0.314 e. The summed E-state index contributed by atoms with van der Waals surface area (Å²) in [6, 6.07) is 13.0. The van der Waals surface area contributed by atoms with E-state index in [4.69, 9.17) is 0 Å². The Labute approximate surface area is 179 Å². The van der Waals surface area contributed by atoms with E-state index in [0.29, 0.717) is 24.6 Å². The SMILES string of the molecule is CCCN[C@@H]1CCc2cc(NS(=O)(=O)c3ccc(CCCF)cc3)ccc2C1.Cl. The maximum absolute atomic E-state index is 12.7. The molecule has 0 bridgehead atoms. The number of sulfonamides is 1. The summed E-state index contributed by atoms with van der Waals surface area (Å²) >= 11 is 0. The first-order valence-corrected chi connectivity index (χ1v) is 11.5. The predicted octanol–water partition coefficient (Wildman–Crippen LogP) is 4.67. The zero-order valence-corrected chi connectivity index (χ0v) is 18.4. The van der Waals surface area contributed by atoms with Gasteiger partial charge in [-0.2, -0.15) is 0 Å². The van der Waals surface area contributed by atoms with Gasteiger partial charge in [0.25, 0.3) is 10.0 Å². The van der Waals surface area contributed by atoms with Crippen LogP contribution in [0.1, 0.15) is 42.9 Å². The molecule has 0 saturated heterocycles. The van der Waals surface area contributed by atoms with Crippen LogP contribution in [-0.4, -0.2) is 27.7 Å². The highest BCUT2D eigenvalue weighted by atomic mass is 35.5. The smallest absolute Gasteiger partial charge is 0.261 e. The second-order valence-corrected chi connectivity index (χ2v) is 9.10. The summed E-state index contributed by atoms with van der Waals surface area (Å²) < 4.78 is 40.3. The minimum absolute atomic E-state index is 0. The maximum atomic E-state index is 12.7. The molecule has 4 nitrogen and oxygen atoms in total. The minimum Gasteiger partial charge on any atom is -0.314 e. The molecule has 0 saturated carbocycles. The first-order chi connectivity index (χ1) is 13.5. The summed E-state index contributed by atoms with van der Waals surface area (Å²) in [6.07, 6.45) is 5.21. The quantitative estimate of drug-likeness (QED) is 0.595. The van der Waals surface area contributed by atoms with Crippen LogP contribution in [0, 0.1) is 0 Å². The maximum Gasteiger partial charge on any atom is 0.261 e. The molecule has 2 aromatic carbocycles. The van der Waals surface area contributed by atoms with Crippen molar-refractivity contribution in [2.75, 3.05) is 17.9 Å². The molecule has 29 heavy (non-hydrogen) atoms. The molecule has 0 amide bonds. The van der Waals surface area contributed by atoms with Crippen molar-refractivity contribution >= 4 is 28.1 Å². The van der Waals surface area contributed by atoms with Gasteiger partial charge in [-0.15, -0.1) is 12.4 Å². The normalized spacial score (nSPS) is 16.0. The molecule has 2 aromatic rings. The van der Waals surface area contributed by atoms with Crippen molar-refractivity contribution in [3.63, 3.8) is 0 Å². The molecule has 0 heterocycles. The van der Waals surface area contributed by atoms with Crippen LogP contribution in [0.4, 0.5) is 10.1 Å². The van der Waals surface area contributed by atoms with E-state index in [1.165, 1.54) is 11.1 Å². The lowest BCUT2D eigenvalue weighted by atomic mass is 9.88. The summed E-state index contributed by atoms with van der Waals surface area (Å²) in [5.74, 6) is 0. The molecule has 2 N–H and O–H groups in total. The number of anilines is 1. The Morgan fingerprint density at radius 3 is 2.55 bits per heavy atom. The lowest BCUT2D eigenvalue weighted by Gasteiger charge is -2.26. The van der Waals surface area contributed by atoms with Gasteiger partial charge in [0, 0.05) is 11.7 Å². The highest BCUT2D eigenvalue weighted by Crippen LogP contribution is 2.26. The van der Waals surface area contributed by atoms with Gasteiger partial charge in [0.05, 0.1) is 11.6 Å². The second kappa shape index (κ2) is 11.0. The lowest BCUT2D eigenvalue weighted by molar-refractivity contribution is 0.459. The van der Waals surface area contributed by atoms with Gasteiger partial charge in [0.1, 0.15) is 0 Å². The third-order valence-corrected chi connectivity index (χ3v) is 6.60. The van der Waals surface area contributed by atoms with E-state index in [9.17, 15) is 12.8 Å². The minimum atomic E-state index is -3.64. The Kier molecular flexibility index (Phi) is 8.93. The van der Waals surface area contributed by atoms with E-state index in [-0.39, 0.29) is 24.0 Å². The summed E-state index contributed by atoms with van der Waals surface area (Å²) in [5.41, 5.74) is 4.05. The molecule has 0 radical (unpaired) electrons. The van der Waals surface area contributed by atoms with Crippen molar-refractivity contribution in [3.05, 3.63) is 59.2 Å². The molecule has 0 aliphatic heterocycles. The summed E-state index contributed by atoms with van der Waals surface area (Å²) in [7, 11) is -3.64. The van der Waals surface area contributed by atoms with Crippen molar-refractivity contribution in [3.8, 4) is 0 Å². The number of hydrogen-bond acceptors (Lipinski definition) is 3. The predicted molar refractivity (Wildman–Crippen MR) is 119 cm³/mol. The number of alkyl halides is 1. The van der Waals surface area contributed by atoms with E-state index >= 15 is 0 Å². The third kappa shape index (κ3) is 6.43. The fourth-order valence-corrected chi connectivity index (χ4v) is 4.71. The lowest BCUT2D eigenvalue weighted by Crippen LogP contribution is -2.35. The van der Waals surface area contributed by atoms with E-state index in [1.54, 1.807) is 24.3 Å². The molecule has 1 aliphatic rings. The summed E-state index contributed by atoms with van der Waals surface area (Å²) in [4.78, 5) is 0.220. The third-order valence-electron chi connectivity index (χ3n) is 5.20. The molecule has 0 spiro atoms. The van der Waals surface area contributed by atoms with Gasteiger partial charge < -0.3 is 5.32 Å². The first kappa shape index (κ1) is 23.6. The molecule has 0 fully saturated rings. The number of halogens is 2. The first-order valence-electron chi connectivity index (χ1n) is 10.0. The molecule has 1 aliphatic carbocycles. The van der Waals surface area contributed by atoms with Gasteiger partial charge in [-0.1, -0.05) is 25.1 Å². The number of hydrogen-bond donors (Lipinski definition) is 2. The zero-order valence-electron chi connectivity index (χ0n) is 16.8. The van der Waals surface area contributed by atoms with Crippen LogP contribution in [0.3, 0.4) is 0 Å². The number of aryl methyl sites for hydroxylation is 2. The average molecular weight is 441 g/mol. The Bertz CT molecular complexity index is 888. The van der Waals surface area contributed by atoms with E-state index in [1.807, 2.05) is 18.2 Å². The number of benzene rings is 2. The van der Waals surface area contributed by atoms with Gasteiger partial charge in [-0.3, -0.25) is 9.11 Å². The number of fused-ring (bicyclic) bond motifs is 1. The summed E-state index contributed by atoms with van der Waals surface area (Å²) in [5, 5.41) is 3.57. The van der Waals surface area contributed by atoms with Crippen LogP contribution in [0.25, 0.3) is 0 Å². The van der Waals surface area contributed by atoms with Crippen LogP contribution >= 0.6 is 12.4 Å². The van der Waals surface area contributed by atoms with Crippen molar-refractivity contribution in [1.29, 1.82) is 0 Å². The molecule has 1 atom stereocenters. The van der Waals surface area contributed by atoms with E-state index in [2.05, 4.69) is 17.0 Å². The van der Waals surface area contributed by atoms with Crippen LogP contribution in [0.15, 0.2) is 47.4 Å². The van der Waals surface area contributed by atoms with Gasteiger partial charge >= 0.3 is 0 Å². The molecule has 7 heteroatoms. The van der Waals surface area contributed by atoms with Gasteiger partial charge in [-0.25, -0.2) is 8.42 Å². The van der Waals surface area contributed by atoms with Crippen molar-refractivity contribution < 1.29 is 12.8 Å². The highest BCUT2D eigenvalue weighted by molar-refractivity contribution is 7.92.